The summed E-state index contributed by atoms with van der Waals surface area (Å²) in [5.41, 5.74) is 10.5. The SMILES string of the molecule is Cc1cc(C)c(NCCNCCNc2c(C)cc(C)cc2C)c(C)c1.[Cl-].[Cl-].[Fe+2]. The van der Waals surface area contributed by atoms with E-state index in [0.717, 1.165) is 26.2 Å². The van der Waals surface area contributed by atoms with Gasteiger partial charge in [0, 0.05) is 37.6 Å². The molecule has 0 aliphatic rings. The van der Waals surface area contributed by atoms with Crippen molar-refractivity contribution in [2.24, 2.45) is 0 Å². The Morgan fingerprint density at radius 3 is 1.11 bits per heavy atom. The van der Waals surface area contributed by atoms with Crippen molar-refractivity contribution >= 4 is 11.4 Å². The van der Waals surface area contributed by atoms with Crippen LogP contribution < -0.4 is 40.8 Å². The van der Waals surface area contributed by atoms with E-state index in [1.165, 1.54) is 44.8 Å². The molecule has 2 rings (SSSR count). The first kappa shape index (κ1) is 29.3. The second kappa shape index (κ2) is 14.1. The van der Waals surface area contributed by atoms with Gasteiger partial charge in [-0.3, -0.25) is 0 Å². The zero-order chi connectivity index (χ0) is 18.4. The molecule has 0 amide bonds. The van der Waals surface area contributed by atoms with Crippen LogP contribution in [0.4, 0.5) is 11.4 Å². The molecule has 0 aliphatic carbocycles. The maximum absolute atomic E-state index is 3.56. The molecule has 0 unspecified atom stereocenters. The predicted octanol–water partition coefficient (Wildman–Crippen LogP) is -1.34. The maximum atomic E-state index is 3.56. The van der Waals surface area contributed by atoms with E-state index in [0.29, 0.717) is 0 Å². The summed E-state index contributed by atoms with van der Waals surface area (Å²) in [6, 6.07) is 8.94. The largest absolute Gasteiger partial charge is 2.00 e. The number of hydrogen-bond donors (Lipinski definition) is 3. The number of halogens is 2. The Kier molecular flexibility index (Phi) is 14.8. The van der Waals surface area contributed by atoms with Gasteiger partial charge in [0.1, 0.15) is 0 Å². The van der Waals surface area contributed by atoms with Gasteiger partial charge in [-0.15, -0.1) is 0 Å². The number of rotatable bonds is 8. The Hall–Kier alpha value is -0.901. The Bertz CT molecular complexity index is 628. The average molecular weight is 466 g/mol. The van der Waals surface area contributed by atoms with Crippen LogP contribution in [0.25, 0.3) is 0 Å². The second-order valence-corrected chi connectivity index (χ2v) is 7.15. The van der Waals surface area contributed by atoms with Crippen molar-refractivity contribution in [1.29, 1.82) is 0 Å². The summed E-state index contributed by atoms with van der Waals surface area (Å²) in [6.07, 6.45) is 0. The fourth-order valence-electron chi connectivity index (χ4n) is 3.59. The quantitative estimate of drug-likeness (QED) is 0.333. The molecule has 0 saturated heterocycles. The van der Waals surface area contributed by atoms with E-state index in [1.807, 2.05) is 0 Å². The van der Waals surface area contributed by atoms with E-state index >= 15 is 0 Å². The van der Waals surface area contributed by atoms with E-state index < -0.39 is 0 Å². The molecule has 0 fully saturated rings. The fraction of sp³-hybridized carbons (Fsp3) is 0.455. The number of nitrogens with one attached hydrogen (secondary N) is 3. The summed E-state index contributed by atoms with van der Waals surface area (Å²) in [4.78, 5) is 0. The van der Waals surface area contributed by atoms with Crippen molar-refractivity contribution in [3.8, 4) is 0 Å². The van der Waals surface area contributed by atoms with Crippen molar-refractivity contribution in [2.75, 3.05) is 36.8 Å². The van der Waals surface area contributed by atoms with Gasteiger partial charge in [0.05, 0.1) is 0 Å². The van der Waals surface area contributed by atoms with Gasteiger partial charge in [-0.25, -0.2) is 0 Å². The maximum Gasteiger partial charge on any atom is 2.00 e. The molecule has 0 bridgehead atoms. The van der Waals surface area contributed by atoms with Gasteiger partial charge in [0.15, 0.2) is 0 Å². The van der Waals surface area contributed by atoms with E-state index in [4.69, 9.17) is 0 Å². The van der Waals surface area contributed by atoms with Crippen molar-refractivity contribution in [3.05, 3.63) is 57.6 Å². The normalized spacial score (nSPS) is 9.64. The summed E-state index contributed by atoms with van der Waals surface area (Å²) in [5, 5.41) is 10.6. The van der Waals surface area contributed by atoms with Crippen LogP contribution in [0.5, 0.6) is 0 Å². The van der Waals surface area contributed by atoms with E-state index in [1.54, 1.807) is 0 Å². The molecule has 0 spiro atoms. The van der Waals surface area contributed by atoms with Crippen LogP contribution in [0.1, 0.15) is 33.4 Å². The van der Waals surface area contributed by atoms with Gasteiger partial charge < -0.3 is 40.8 Å². The third-order valence-corrected chi connectivity index (χ3v) is 4.56. The molecule has 28 heavy (non-hydrogen) atoms. The van der Waals surface area contributed by atoms with Crippen molar-refractivity contribution < 1.29 is 41.9 Å². The minimum Gasteiger partial charge on any atom is -1.00 e. The molecule has 2 aromatic carbocycles. The Labute approximate surface area is 194 Å². The fourth-order valence-corrected chi connectivity index (χ4v) is 3.59. The third kappa shape index (κ3) is 8.63. The molecule has 0 atom stereocenters. The smallest absolute Gasteiger partial charge is 1.00 e. The van der Waals surface area contributed by atoms with E-state index in [-0.39, 0.29) is 41.9 Å². The van der Waals surface area contributed by atoms with Gasteiger partial charge in [-0.05, 0) is 63.8 Å². The summed E-state index contributed by atoms with van der Waals surface area (Å²) in [5.74, 6) is 0. The molecule has 2 aromatic rings. The van der Waals surface area contributed by atoms with Crippen LogP contribution in [-0.2, 0) is 17.1 Å². The Balaban J connectivity index is 0. The second-order valence-electron chi connectivity index (χ2n) is 7.15. The van der Waals surface area contributed by atoms with Crippen molar-refractivity contribution in [3.63, 3.8) is 0 Å². The summed E-state index contributed by atoms with van der Waals surface area (Å²) < 4.78 is 0. The molecule has 3 nitrogen and oxygen atoms in total. The van der Waals surface area contributed by atoms with Gasteiger partial charge in [-0.2, -0.15) is 0 Å². The minimum absolute atomic E-state index is 0. The van der Waals surface area contributed by atoms with Crippen molar-refractivity contribution in [1.82, 2.24) is 5.32 Å². The van der Waals surface area contributed by atoms with Crippen LogP contribution in [0.3, 0.4) is 0 Å². The molecule has 3 N–H and O–H groups in total. The van der Waals surface area contributed by atoms with Gasteiger partial charge in [-0.1, -0.05) is 35.4 Å². The predicted molar refractivity (Wildman–Crippen MR) is 111 cm³/mol. The zero-order valence-corrected chi connectivity index (χ0v) is 20.4. The zero-order valence-electron chi connectivity index (χ0n) is 17.7. The minimum atomic E-state index is 0. The van der Waals surface area contributed by atoms with Crippen LogP contribution in [0, 0.1) is 41.5 Å². The number of anilines is 2. The first-order valence-electron chi connectivity index (χ1n) is 9.22. The van der Waals surface area contributed by atoms with E-state index in [2.05, 4.69) is 81.8 Å². The van der Waals surface area contributed by atoms with Crippen LogP contribution in [0.2, 0.25) is 0 Å². The van der Waals surface area contributed by atoms with E-state index in [9.17, 15) is 0 Å². The molecule has 158 valence electrons. The van der Waals surface area contributed by atoms with Crippen LogP contribution >= 0.6 is 0 Å². The monoisotopic (exact) mass is 465 g/mol. The summed E-state index contributed by atoms with van der Waals surface area (Å²) in [6.45, 7) is 16.8. The molecular weight excluding hydrogens is 433 g/mol. The van der Waals surface area contributed by atoms with Gasteiger partial charge in [0.25, 0.3) is 0 Å². The number of hydrogen-bond acceptors (Lipinski definition) is 3. The standard InChI is InChI=1S/C22H33N3.2ClH.Fe/c1-15-11-17(3)21(18(4)12-15)24-9-7-23-8-10-25-22-19(5)13-16(2)14-20(22)6;;;/h11-14,23-25H,7-10H2,1-6H3;2*1H;/q;;;+2/p-2. The Morgan fingerprint density at radius 2 is 0.821 bits per heavy atom. The van der Waals surface area contributed by atoms with Crippen LogP contribution in [-0.4, -0.2) is 26.2 Å². The molecule has 6 heteroatoms. The first-order valence-corrected chi connectivity index (χ1v) is 9.22. The number of aryl methyl sites for hydroxylation is 6. The molecule has 0 saturated carbocycles. The van der Waals surface area contributed by atoms with Gasteiger partial charge >= 0.3 is 17.1 Å². The number of benzene rings is 2. The molecule has 0 aliphatic heterocycles. The third-order valence-electron chi connectivity index (χ3n) is 4.56. The average Bonchev–Trinajstić information content (AvgIpc) is 2.50. The molecular formula is C22H33Cl2FeN3. The Morgan fingerprint density at radius 1 is 0.536 bits per heavy atom. The topological polar surface area (TPSA) is 36.1 Å². The van der Waals surface area contributed by atoms with Gasteiger partial charge in [0.2, 0.25) is 0 Å². The van der Waals surface area contributed by atoms with Crippen LogP contribution in [0.15, 0.2) is 24.3 Å². The molecule has 0 heterocycles. The summed E-state index contributed by atoms with van der Waals surface area (Å²) in [7, 11) is 0. The molecule has 0 aromatic heterocycles. The molecule has 0 radical (unpaired) electrons. The first-order chi connectivity index (χ1) is 11.9. The summed E-state index contributed by atoms with van der Waals surface area (Å²) >= 11 is 0. The van der Waals surface area contributed by atoms with Crippen molar-refractivity contribution in [2.45, 2.75) is 41.5 Å².